The third-order valence-electron chi connectivity index (χ3n) is 3.59. The average Bonchev–Trinajstić information content (AvgIpc) is 2.60. The third-order valence-corrected chi connectivity index (χ3v) is 4.21. The number of carbonyl (C=O) groups is 1. The van der Waals surface area contributed by atoms with Crippen molar-refractivity contribution in [2.45, 2.75) is 13.5 Å². The van der Waals surface area contributed by atoms with Crippen LogP contribution in [0.15, 0.2) is 61.1 Å². The fraction of sp³-hybridized carbons (Fsp3) is 0.105. The minimum Gasteiger partial charge on any atom is -0.346 e. The lowest BCUT2D eigenvalue weighted by Gasteiger charge is -2.09. The minimum absolute atomic E-state index is 0.118. The second-order valence-electron chi connectivity index (χ2n) is 5.47. The Labute approximate surface area is 154 Å². The van der Waals surface area contributed by atoms with Gasteiger partial charge in [0.2, 0.25) is 0 Å². The molecule has 0 aliphatic rings. The Balaban J connectivity index is 1.80. The highest BCUT2D eigenvalue weighted by Gasteiger charge is 2.09. The van der Waals surface area contributed by atoms with E-state index in [4.69, 9.17) is 0 Å². The molecule has 0 saturated heterocycles. The van der Waals surface area contributed by atoms with E-state index in [2.05, 4.69) is 75.1 Å². The molecule has 0 unspecified atom stereocenters. The smallest absolute Gasteiger partial charge is 0.251 e. The summed E-state index contributed by atoms with van der Waals surface area (Å²) in [6.07, 6.45) is 4.87. The first-order chi connectivity index (χ1) is 11.6. The van der Waals surface area contributed by atoms with Crippen LogP contribution in [0.2, 0.25) is 0 Å². The van der Waals surface area contributed by atoms with Gasteiger partial charge >= 0.3 is 0 Å². The lowest BCUT2D eigenvalue weighted by Crippen LogP contribution is -2.23. The molecule has 0 bridgehead atoms. The number of halogens is 1. The largest absolute Gasteiger partial charge is 0.346 e. The molecular formula is C19H16IN3O. The average molecular weight is 429 g/mol. The van der Waals surface area contributed by atoms with Crippen molar-refractivity contribution in [3.05, 3.63) is 81.4 Å². The van der Waals surface area contributed by atoms with Crippen LogP contribution in [0.4, 0.5) is 0 Å². The molecule has 0 radical (unpaired) electrons. The molecule has 1 N–H and O–H groups in total. The van der Waals surface area contributed by atoms with E-state index in [1.54, 1.807) is 18.6 Å². The maximum atomic E-state index is 12.4. The van der Waals surface area contributed by atoms with Crippen LogP contribution < -0.4 is 5.32 Å². The molecule has 0 saturated carbocycles. The Morgan fingerprint density at radius 1 is 1.08 bits per heavy atom. The van der Waals surface area contributed by atoms with Crippen LogP contribution in [-0.4, -0.2) is 15.9 Å². The highest BCUT2D eigenvalue weighted by Crippen LogP contribution is 2.24. The van der Waals surface area contributed by atoms with E-state index in [-0.39, 0.29) is 5.91 Å². The quantitative estimate of drug-likeness (QED) is 0.639. The van der Waals surface area contributed by atoms with Gasteiger partial charge in [0.25, 0.3) is 5.91 Å². The van der Waals surface area contributed by atoms with E-state index in [0.717, 1.165) is 20.4 Å². The van der Waals surface area contributed by atoms with E-state index in [0.29, 0.717) is 12.1 Å². The Bertz CT molecular complexity index is 848. The van der Waals surface area contributed by atoms with E-state index in [1.807, 2.05) is 12.1 Å². The topological polar surface area (TPSA) is 54.9 Å². The van der Waals surface area contributed by atoms with Crippen LogP contribution in [0, 0.1) is 10.5 Å². The molecule has 0 spiro atoms. The predicted octanol–water partition coefficient (Wildman–Crippen LogP) is 3.99. The number of hydrogen-bond acceptors (Lipinski definition) is 3. The molecule has 2 aromatic carbocycles. The van der Waals surface area contributed by atoms with Gasteiger partial charge in [0.05, 0.1) is 18.4 Å². The summed E-state index contributed by atoms with van der Waals surface area (Å²) in [6, 6.07) is 14.2. The highest BCUT2D eigenvalue weighted by atomic mass is 127. The number of benzene rings is 2. The summed E-state index contributed by atoms with van der Waals surface area (Å²) >= 11 is 2.24. The zero-order chi connectivity index (χ0) is 16.9. The number of hydrogen-bond donors (Lipinski definition) is 1. The first kappa shape index (κ1) is 16.6. The fourth-order valence-corrected chi connectivity index (χ4v) is 3.00. The zero-order valence-corrected chi connectivity index (χ0v) is 15.3. The summed E-state index contributed by atoms with van der Waals surface area (Å²) in [5.41, 5.74) is 4.72. The molecule has 4 nitrogen and oxygen atoms in total. The van der Waals surface area contributed by atoms with Crippen molar-refractivity contribution in [2.75, 3.05) is 0 Å². The summed E-state index contributed by atoms with van der Waals surface area (Å²) < 4.78 is 1.02. The molecule has 3 rings (SSSR count). The number of nitrogens with one attached hydrogen (secondary N) is 1. The second-order valence-corrected chi connectivity index (χ2v) is 6.72. The van der Waals surface area contributed by atoms with Gasteiger partial charge in [-0.1, -0.05) is 29.8 Å². The van der Waals surface area contributed by atoms with E-state index < -0.39 is 0 Å². The van der Waals surface area contributed by atoms with Gasteiger partial charge in [-0.25, -0.2) is 0 Å². The molecule has 0 aliphatic carbocycles. The number of aryl methyl sites for hydroxylation is 1. The SMILES string of the molecule is Cc1ccc(-c2cc(I)cc(C(=O)NCc3cnccn3)c2)cc1. The Morgan fingerprint density at radius 2 is 1.88 bits per heavy atom. The Hall–Kier alpha value is -2.28. The molecule has 5 heteroatoms. The number of carbonyl (C=O) groups excluding carboxylic acids is 1. The fourth-order valence-electron chi connectivity index (χ4n) is 2.33. The summed E-state index contributed by atoms with van der Waals surface area (Å²) in [6.45, 7) is 2.42. The highest BCUT2D eigenvalue weighted by molar-refractivity contribution is 14.1. The van der Waals surface area contributed by atoms with Crippen LogP contribution in [0.25, 0.3) is 11.1 Å². The van der Waals surface area contributed by atoms with Crippen LogP contribution in [0.5, 0.6) is 0 Å². The molecule has 1 aromatic heterocycles. The van der Waals surface area contributed by atoms with E-state index >= 15 is 0 Å². The number of amides is 1. The standard InChI is InChI=1S/C19H16IN3O/c1-13-2-4-14(5-3-13)15-8-16(10-17(20)9-15)19(24)23-12-18-11-21-6-7-22-18/h2-11H,12H2,1H3,(H,23,24). The second kappa shape index (κ2) is 7.53. The van der Waals surface area contributed by atoms with Crippen LogP contribution in [0.1, 0.15) is 21.6 Å². The summed E-state index contributed by atoms with van der Waals surface area (Å²) in [7, 11) is 0. The van der Waals surface area contributed by atoms with Gasteiger partial charge < -0.3 is 5.32 Å². The maximum Gasteiger partial charge on any atom is 0.251 e. The van der Waals surface area contributed by atoms with Crippen molar-refractivity contribution in [3.63, 3.8) is 0 Å². The van der Waals surface area contributed by atoms with Crippen molar-refractivity contribution in [2.24, 2.45) is 0 Å². The van der Waals surface area contributed by atoms with Gasteiger partial charge in [0, 0.05) is 21.5 Å². The molecular weight excluding hydrogens is 413 g/mol. The van der Waals surface area contributed by atoms with Crippen molar-refractivity contribution < 1.29 is 4.79 Å². The number of rotatable bonds is 4. The first-order valence-corrected chi connectivity index (χ1v) is 8.60. The van der Waals surface area contributed by atoms with Gasteiger partial charge in [-0.2, -0.15) is 0 Å². The van der Waals surface area contributed by atoms with Gasteiger partial charge in [-0.05, 0) is 58.8 Å². The van der Waals surface area contributed by atoms with Crippen LogP contribution >= 0.6 is 22.6 Å². The maximum absolute atomic E-state index is 12.4. The summed E-state index contributed by atoms with van der Waals surface area (Å²) in [5.74, 6) is -0.118. The number of aromatic nitrogens is 2. The van der Waals surface area contributed by atoms with E-state index in [9.17, 15) is 4.79 Å². The van der Waals surface area contributed by atoms with Crippen molar-refractivity contribution in [1.29, 1.82) is 0 Å². The molecule has 24 heavy (non-hydrogen) atoms. The summed E-state index contributed by atoms with van der Waals surface area (Å²) in [4.78, 5) is 20.6. The normalized spacial score (nSPS) is 10.4. The lowest BCUT2D eigenvalue weighted by molar-refractivity contribution is 0.0950. The molecule has 0 aliphatic heterocycles. The zero-order valence-electron chi connectivity index (χ0n) is 13.2. The minimum atomic E-state index is -0.118. The van der Waals surface area contributed by atoms with Crippen molar-refractivity contribution in [3.8, 4) is 11.1 Å². The van der Waals surface area contributed by atoms with Gasteiger partial charge in [-0.3, -0.25) is 14.8 Å². The third kappa shape index (κ3) is 4.17. The number of nitrogens with zero attached hydrogens (tertiary/aromatic N) is 2. The molecule has 0 fully saturated rings. The monoisotopic (exact) mass is 429 g/mol. The Morgan fingerprint density at radius 3 is 2.58 bits per heavy atom. The molecule has 1 amide bonds. The molecule has 0 atom stereocenters. The van der Waals surface area contributed by atoms with Crippen molar-refractivity contribution in [1.82, 2.24) is 15.3 Å². The van der Waals surface area contributed by atoms with E-state index in [1.165, 1.54) is 5.56 Å². The van der Waals surface area contributed by atoms with Crippen LogP contribution in [-0.2, 0) is 6.54 Å². The van der Waals surface area contributed by atoms with Crippen molar-refractivity contribution >= 4 is 28.5 Å². The first-order valence-electron chi connectivity index (χ1n) is 7.52. The van der Waals surface area contributed by atoms with Gasteiger partial charge in [0.15, 0.2) is 0 Å². The predicted molar refractivity (Wildman–Crippen MR) is 103 cm³/mol. The molecule has 3 aromatic rings. The lowest BCUT2D eigenvalue weighted by atomic mass is 10.0. The van der Waals surface area contributed by atoms with Gasteiger partial charge in [0.1, 0.15) is 0 Å². The summed E-state index contributed by atoms with van der Waals surface area (Å²) in [5, 5.41) is 2.89. The molecule has 120 valence electrons. The van der Waals surface area contributed by atoms with Gasteiger partial charge in [-0.15, -0.1) is 0 Å². The molecule has 1 heterocycles. The Kier molecular flexibility index (Phi) is 5.20. The van der Waals surface area contributed by atoms with Crippen LogP contribution in [0.3, 0.4) is 0 Å².